The molecule has 0 aliphatic rings. The third-order valence-corrected chi connectivity index (χ3v) is 4.12. The number of allylic oxidation sites excluding steroid dienone is 6. The molecule has 0 unspecified atom stereocenters. The molecule has 0 N–H and O–H groups in total. The summed E-state index contributed by atoms with van der Waals surface area (Å²) >= 11 is 1.78. The Morgan fingerprint density at radius 1 is 1.23 bits per heavy atom. The van der Waals surface area contributed by atoms with Crippen molar-refractivity contribution in [2.75, 3.05) is 6.61 Å². The first-order chi connectivity index (χ1) is 10.4. The second kappa shape index (κ2) is 9.21. The zero-order chi connectivity index (χ0) is 16.5. The molecule has 0 radical (unpaired) electrons. The number of ether oxygens (including phenoxy) is 1. The van der Waals surface area contributed by atoms with E-state index in [-0.39, 0.29) is 5.97 Å². The number of aryl methyl sites for hydroxylation is 2. The second-order valence-electron chi connectivity index (χ2n) is 5.13. The van der Waals surface area contributed by atoms with Gasteiger partial charge >= 0.3 is 5.97 Å². The van der Waals surface area contributed by atoms with E-state index in [0.717, 1.165) is 11.1 Å². The van der Waals surface area contributed by atoms with Gasteiger partial charge in [0.25, 0.3) is 0 Å². The van der Waals surface area contributed by atoms with E-state index in [1.54, 1.807) is 18.3 Å². The fourth-order valence-electron chi connectivity index (χ4n) is 1.87. The minimum atomic E-state index is -0.298. The van der Waals surface area contributed by atoms with Gasteiger partial charge in [0, 0.05) is 11.0 Å². The van der Waals surface area contributed by atoms with E-state index in [1.165, 1.54) is 22.1 Å². The molecule has 0 bridgehead atoms. The average Bonchev–Trinajstić information content (AvgIpc) is 2.76. The van der Waals surface area contributed by atoms with Crippen LogP contribution in [0.2, 0.25) is 0 Å². The van der Waals surface area contributed by atoms with Crippen molar-refractivity contribution in [1.29, 1.82) is 0 Å². The third kappa shape index (κ3) is 6.27. The van der Waals surface area contributed by atoms with Crippen LogP contribution in [0.5, 0.6) is 0 Å². The molecule has 0 aromatic carbocycles. The summed E-state index contributed by atoms with van der Waals surface area (Å²) in [6, 6.07) is 0. The maximum absolute atomic E-state index is 11.3. The normalized spacial score (nSPS) is 13.3. The summed E-state index contributed by atoms with van der Waals surface area (Å²) in [6.07, 6.45) is 11.6. The first-order valence-corrected chi connectivity index (χ1v) is 8.24. The number of hydrogen-bond acceptors (Lipinski definition) is 3. The van der Waals surface area contributed by atoms with Gasteiger partial charge in [-0.05, 0) is 56.7 Å². The summed E-state index contributed by atoms with van der Waals surface area (Å²) < 4.78 is 4.87. The Kier molecular flexibility index (Phi) is 7.61. The Bertz CT molecular complexity index is 608. The third-order valence-electron chi connectivity index (χ3n) is 3.08. The molecule has 0 atom stereocenters. The molecule has 1 aromatic rings. The van der Waals surface area contributed by atoms with E-state index in [2.05, 4.69) is 38.3 Å². The van der Waals surface area contributed by atoms with E-state index in [1.807, 2.05) is 25.2 Å². The van der Waals surface area contributed by atoms with Crippen LogP contribution >= 0.6 is 11.3 Å². The maximum atomic E-state index is 11.3. The second-order valence-corrected chi connectivity index (χ2v) is 6.22. The summed E-state index contributed by atoms with van der Waals surface area (Å²) in [7, 11) is 0. The Hall–Kier alpha value is -1.87. The van der Waals surface area contributed by atoms with Crippen LogP contribution in [-0.4, -0.2) is 12.6 Å². The van der Waals surface area contributed by atoms with Crippen LogP contribution in [0.25, 0.3) is 6.08 Å². The van der Waals surface area contributed by atoms with Crippen LogP contribution in [-0.2, 0) is 9.53 Å². The van der Waals surface area contributed by atoms with E-state index in [9.17, 15) is 4.79 Å². The predicted octanol–water partition coefficient (Wildman–Crippen LogP) is 5.39. The lowest BCUT2D eigenvalue weighted by Crippen LogP contribution is -1.99. The van der Waals surface area contributed by atoms with Crippen LogP contribution in [0.1, 0.15) is 36.8 Å². The van der Waals surface area contributed by atoms with Crippen LogP contribution in [0.15, 0.2) is 46.9 Å². The lowest BCUT2D eigenvalue weighted by Gasteiger charge is -1.96. The monoisotopic (exact) mass is 316 g/mol. The van der Waals surface area contributed by atoms with E-state index >= 15 is 0 Å². The predicted molar refractivity (Wildman–Crippen MR) is 96.1 cm³/mol. The van der Waals surface area contributed by atoms with Crippen LogP contribution in [0, 0.1) is 13.8 Å². The highest BCUT2D eigenvalue weighted by Crippen LogP contribution is 2.22. The topological polar surface area (TPSA) is 26.3 Å². The van der Waals surface area contributed by atoms with Crippen molar-refractivity contribution < 1.29 is 9.53 Å². The van der Waals surface area contributed by atoms with Crippen molar-refractivity contribution >= 4 is 23.4 Å². The van der Waals surface area contributed by atoms with Crippen LogP contribution in [0.4, 0.5) is 0 Å². The Morgan fingerprint density at radius 3 is 2.55 bits per heavy atom. The molecule has 3 heteroatoms. The lowest BCUT2D eigenvalue weighted by molar-refractivity contribution is -0.137. The molecule has 22 heavy (non-hydrogen) atoms. The van der Waals surface area contributed by atoms with Gasteiger partial charge in [0.1, 0.15) is 0 Å². The highest BCUT2D eigenvalue weighted by atomic mass is 32.1. The summed E-state index contributed by atoms with van der Waals surface area (Å²) in [5.74, 6) is -0.298. The van der Waals surface area contributed by atoms with Gasteiger partial charge in [-0.15, -0.1) is 11.3 Å². The van der Waals surface area contributed by atoms with Crippen molar-refractivity contribution in [2.45, 2.75) is 34.6 Å². The summed E-state index contributed by atoms with van der Waals surface area (Å²) in [4.78, 5) is 12.6. The number of rotatable bonds is 6. The van der Waals surface area contributed by atoms with Gasteiger partial charge < -0.3 is 4.74 Å². The molecule has 0 aliphatic heterocycles. The number of esters is 1. The van der Waals surface area contributed by atoms with E-state index in [0.29, 0.717) is 6.61 Å². The number of carbonyl (C=O) groups excluding carboxylic acids is 1. The largest absolute Gasteiger partial charge is 0.463 e. The minimum Gasteiger partial charge on any atom is -0.463 e. The van der Waals surface area contributed by atoms with Gasteiger partial charge in [-0.2, -0.15) is 0 Å². The molecule has 0 aliphatic carbocycles. The van der Waals surface area contributed by atoms with Gasteiger partial charge in [0.15, 0.2) is 0 Å². The quantitative estimate of drug-likeness (QED) is 0.399. The number of thiophene rings is 1. The van der Waals surface area contributed by atoms with Gasteiger partial charge in [-0.3, -0.25) is 0 Å². The molecule has 1 rings (SSSR count). The van der Waals surface area contributed by atoms with Crippen LogP contribution in [0.3, 0.4) is 0 Å². The van der Waals surface area contributed by atoms with E-state index in [4.69, 9.17) is 4.74 Å². The van der Waals surface area contributed by atoms with Crippen molar-refractivity contribution in [3.8, 4) is 0 Å². The summed E-state index contributed by atoms with van der Waals surface area (Å²) in [5.41, 5.74) is 4.65. The molecule has 0 saturated heterocycles. The van der Waals surface area contributed by atoms with Crippen molar-refractivity contribution in [1.82, 2.24) is 0 Å². The molecule has 1 aromatic heterocycles. The van der Waals surface area contributed by atoms with Gasteiger partial charge in [0.05, 0.1) is 6.61 Å². The molecular weight excluding hydrogens is 292 g/mol. The Balaban J connectivity index is 2.66. The number of hydrogen-bond donors (Lipinski definition) is 0. The van der Waals surface area contributed by atoms with Gasteiger partial charge in [-0.25, -0.2) is 4.79 Å². The molecule has 0 saturated carbocycles. The average molecular weight is 316 g/mol. The van der Waals surface area contributed by atoms with Crippen LogP contribution < -0.4 is 0 Å². The van der Waals surface area contributed by atoms with Crippen molar-refractivity contribution in [3.05, 3.63) is 62.9 Å². The smallest absolute Gasteiger partial charge is 0.330 e. The molecule has 1 heterocycles. The maximum Gasteiger partial charge on any atom is 0.330 e. The summed E-state index contributed by atoms with van der Waals surface area (Å²) in [5, 5.41) is 2.18. The molecule has 0 fully saturated rings. The SMILES string of the molecule is CCOC(=O)C=C(C)C=CC=C(C)C=Cc1c(C)csc1C. The lowest BCUT2D eigenvalue weighted by atomic mass is 10.1. The fraction of sp³-hybridized carbons (Fsp3) is 0.316. The first kappa shape index (κ1) is 18.2. The standard InChI is InChI=1S/C19H24O2S/c1-6-21-19(20)12-15(3)9-7-8-14(2)10-11-18-16(4)13-22-17(18)5/h7-13H,6H2,1-5H3. The zero-order valence-corrected chi connectivity index (χ0v) is 14.8. The zero-order valence-electron chi connectivity index (χ0n) is 14.0. The first-order valence-electron chi connectivity index (χ1n) is 7.36. The Morgan fingerprint density at radius 2 is 1.95 bits per heavy atom. The van der Waals surface area contributed by atoms with E-state index < -0.39 is 0 Å². The van der Waals surface area contributed by atoms with Gasteiger partial charge in [0.2, 0.25) is 0 Å². The molecule has 118 valence electrons. The molecule has 0 spiro atoms. The highest BCUT2D eigenvalue weighted by Gasteiger charge is 2.00. The van der Waals surface area contributed by atoms with Crippen molar-refractivity contribution in [3.63, 3.8) is 0 Å². The fourth-order valence-corrected chi connectivity index (χ4v) is 2.71. The summed E-state index contributed by atoms with van der Waals surface area (Å²) in [6.45, 7) is 10.4. The molecular formula is C19H24O2S. The Labute approximate surface area is 137 Å². The number of carbonyl (C=O) groups is 1. The molecule has 0 amide bonds. The highest BCUT2D eigenvalue weighted by molar-refractivity contribution is 7.10. The minimum absolute atomic E-state index is 0.298. The van der Waals surface area contributed by atoms with Gasteiger partial charge in [-0.1, -0.05) is 36.0 Å². The molecule has 2 nitrogen and oxygen atoms in total. The van der Waals surface area contributed by atoms with Crippen molar-refractivity contribution in [2.24, 2.45) is 0 Å².